The molecule has 1 aliphatic heterocycles. The lowest BCUT2D eigenvalue weighted by molar-refractivity contribution is 0.0518. The summed E-state index contributed by atoms with van der Waals surface area (Å²) in [5.74, 6) is -1.15. The number of esters is 1. The Bertz CT molecular complexity index is 1190. The Labute approximate surface area is 171 Å². The van der Waals surface area contributed by atoms with Crippen molar-refractivity contribution >= 4 is 32.2 Å². The van der Waals surface area contributed by atoms with E-state index in [4.69, 9.17) is 4.74 Å². The van der Waals surface area contributed by atoms with Gasteiger partial charge in [0.15, 0.2) is 15.5 Å². The van der Waals surface area contributed by atoms with Gasteiger partial charge in [0.2, 0.25) is 0 Å². The first kappa shape index (κ1) is 20.9. The molecule has 2 heterocycles. The van der Waals surface area contributed by atoms with Gasteiger partial charge in [0, 0.05) is 17.4 Å². The van der Waals surface area contributed by atoms with E-state index in [1.807, 2.05) is 0 Å². The maximum absolute atomic E-state index is 12.8. The number of allylic oxidation sites excluding steroid dienone is 3. The minimum absolute atomic E-state index is 0.00617. The molecular weight excluding hydrogens is 412 g/mol. The summed E-state index contributed by atoms with van der Waals surface area (Å²) < 4.78 is 44.3. The van der Waals surface area contributed by atoms with E-state index in [-0.39, 0.29) is 28.3 Å². The number of rotatable bonds is 6. The van der Waals surface area contributed by atoms with Crippen molar-refractivity contribution in [3.63, 3.8) is 0 Å². The van der Waals surface area contributed by atoms with Crippen LogP contribution in [0.15, 0.2) is 59.4 Å². The molecule has 3 rings (SSSR count). The van der Waals surface area contributed by atoms with Crippen LogP contribution < -0.4 is 0 Å². The minimum Gasteiger partial charge on any atom is -0.461 e. The van der Waals surface area contributed by atoms with E-state index in [0.717, 1.165) is 0 Å². The minimum atomic E-state index is -3.75. The molecule has 0 saturated heterocycles. The van der Waals surface area contributed by atoms with Crippen LogP contribution in [0.3, 0.4) is 0 Å². The standard InChI is InChI=1S/C20H20N2O5S2/c1-5-13-17(6-2)29(25,26)12-14-18(20(23)27-7-3)21-22(19(13)14)15-10-8-9-11-16(15)28(4)24/h5-6,8-11H,1-2,7,12H2,3-4H3. The summed E-state index contributed by atoms with van der Waals surface area (Å²) in [4.78, 5) is 13.0. The van der Waals surface area contributed by atoms with Crippen LogP contribution in [0.25, 0.3) is 11.3 Å². The smallest absolute Gasteiger partial charge is 0.359 e. The Morgan fingerprint density at radius 3 is 2.59 bits per heavy atom. The highest BCUT2D eigenvalue weighted by atomic mass is 32.2. The Balaban J connectivity index is 2.46. The largest absolute Gasteiger partial charge is 0.461 e. The summed E-state index contributed by atoms with van der Waals surface area (Å²) in [5, 5.41) is 4.38. The maximum atomic E-state index is 12.8. The first-order chi connectivity index (χ1) is 13.8. The van der Waals surface area contributed by atoms with Crippen LogP contribution in [0.5, 0.6) is 0 Å². The molecule has 1 unspecified atom stereocenters. The number of hydrogen-bond acceptors (Lipinski definition) is 6. The van der Waals surface area contributed by atoms with Crippen LogP contribution in [0.4, 0.5) is 0 Å². The number of benzene rings is 1. The molecule has 152 valence electrons. The molecule has 9 heteroatoms. The fraction of sp³-hybridized carbons (Fsp3) is 0.200. The van der Waals surface area contributed by atoms with Gasteiger partial charge in [0.05, 0.1) is 44.3 Å². The van der Waals surface area contributed by atoms with E-state index in [1.54, 1.807) is 31.2 Å². The summed E-state index contributed by atoms with van der Waals surface area (Å²) in [6, 6.07) is 6.88. The third-order valence-corrected chi connectivity index (χ3v) is 7.12. The van der Waals surface area contributed by atoms with Gasteiger partial charge < -0.3 is 4.74 Å². The number of nitrogens with zero attached hydrogens (tertiary/aromatic N) is 2. The zero-order chi connectivity index (χ0) is 21.3. The number of hydrogen-bond donors (Lipinski definition) is 0. The van der Waals surface area contributed by atoms with Crippen molar-refractivity contribution in [2.45, 2.75) is 17.6 Å². The average molecular weight is 433 g/mol. The molecule has 1 aromatic heterocycles. The Kier molecular flexibility index (Phi) is 5.72. The lowest BCUT2D eigenvalue weighted by Gasteiger charge is -2.19. The van der Waals surface area contributed by atoms with Crippen molar-refractivity contribution in [3.8, 4) is 5.69 Å². The van der Waals surface area contributed by atoms with E-state index in [2.05, 4.69) is 18.3 Å². The molecule has 0 spiro atoms. The van der Waals surface area contributed by atoms with Crippen LogP contribution >= 0.6 is 0 Å². The van der Waals surface area contributed by atoms with E-state index >= 15 is 0 Å². The van der Waals surface area contributed by atoms with Crippen molar-refractivity contribution in [2.24, 2.45) is 0 Å². The molecule has 1 aliphatic rings. The molecule has 29 heavy (non-hydrogen) atoms. The maximum Gasteiger partial charge on any atom is 0.359 e. The van der Waals surface area contributed by atoms with E-state index < -0.39 is 32.4 Å². The van der Waals surface area contributed by atoms with Gasteiger partial charge in [-0.3, -0.25) is 4.21 Å². The molecule has 0 radical (unpaired) electrons. The summed E-state index contributed by atoms with van der Waals surface area (Å²) in [6.07, 6.45) is 4.18. The van der Waals surface area contributed by atoms with Gasteiger partial charge in [0.25, 0.3) is 0 Å². The zero-order valence-corrected chi connectivity index (χ0v) is 17.7. The topological polar surface area (TPSA) is 95.3 Å². The Morgan fingerprint density at radius 1 is 1.31 bits per heavy atom. The molecule has 1 atom stereocenters. The quantitative estimate of drug-likeness (QED) is 0.652. The highest BCUT2D eigenvalue weighted by molar-refractivity contribution is 7.95. The molecule has 0 aliphatic carbocycles. The van der Waals surface area contributed by atoms with E-state index in [1.165, 1.54) is 23.1 Å². The van der Waals surface area contributed by atoms with Gasteiger partial charge in [-0.05, 0) is 19.1 Å². The normalized spacial score (nSPS) is 16.1. The second-order valence-corrected chi connectivity index (χ2v) is 9.48. The van der Waals surface area contributed by atoms with Gasteiger partial charge in [-0.25, -0.2) is 17.9 Å². The van der Waals surface area contributed by atoms with Gasteiger partial charge in [-0.1, -0.05) is 37.4 Å². The predicted molar refractivity (Wildman–Crippen MR) is 112 cm³/mol. The van der Waals surface area contributed by atoms with Gasteiger partial charge >= 0.3 is 5.97 Å². The molecule has 0 fully saturated rings. The van der Waals surface area contributed by atoms with Crippen LogP contribution in [0.1, 0.15) is 28.7 Å². The van der Waals surface area contributed by atoms with Crippen molar-refractivity contribution in [3.05, 3.63) is 71.4 Å². The second-order valence-electron chi connectivity index (χ2n) is 6.18. The van der Waals surface area contributed by atoms with Crippen molar-refractivity contribution in [2.75, 3.05) is 12.9 Å². The number of aromatic nitrogens is 2. The molecule has 0 N–H and O–H groups in total. The number of ether oxygens (including phenoxy) is 1. The molecule has 0 saturated carbocycles. The number of carbonyl (C=O) groups is 1. The highest BCUT2D eigenvalue weighted by Gasteiger charge is 2.36. The lowest BCUT2D eigenvalue weighted by atomic mass is 10.1. The zero-order valence-electron chi connectivity index (χ0n) is 16.0. The SMILES string of the molecule is C=CC1=C(C=C)S(=O)(=O)Cc2c(C(=O)OCC)nn(-c3ccccc3S(C)=O)c21. The van der Waals surface area contributed by atoms with Crippen molar-refractivity contribution in [1.82, 2.24) is 9.78 Å². The van der Waals surface area contributed by atoms with E-state index in [0.29, 0.717) is 16.3 Å². The number of fused-ring (bicyclic) bond motifs is 1. The summed E-state index contributed by atoms with van der Waals surface area (Å²) in [5.41, 5.74) is 1.28. The van der Waals surface area contributed by atoms with E-state index in [9.17, 15) is 17.4 Å². The monoisotopic (exact) mass is 432 g/mol. The second kappa shape index (κ2) is 7.92. The highest BCUT2D eigenvalue weighted by Crippen LogP contribution is 2.38. The average Bonchev–Trinajstić information content (AvgIpc) is 3.04. The Hall–Kier alpha value is -2.78. The van der Waals surface area contributed by atoms with Crippen LogP contribution in [-0.2, 0) is 31.1 Å². The van der Waals surface area contributed by atoms with Gasteiger partial charge in [-0.2, -0.15) is 5.10 Å². The molecule has 1 aromatic carbocycles. The first-order valence-corrected chi connectivity index (χ1v) is 11.9. The molecule has 2 aromatic rings. The van der Waals surface area contributed by atoms with Crippen molar-refractivity contribution in [1.29, 1.82) is 0 Å². The molecule has 7 nitrogen and oxygen atoms in total. The first-order valence-electron chi connectivity index (χ1n) is 8.70. The molecule has 0 bridgehead atoms. The van der Waals surface area contributed by atoms with Crippen molar-refractivity contribution < 1.29 is 22.2 Å². The Morgan fingerprint density at radius 2 is 2.00 bits per heavy atom. The van der Waals surface area contributed by atoms with Crippen LogP contribution in [0.2, 0.25) is 0 Å². The summed E-state index contributed by atoms with van der Waals surface area (Å²) in [7, 11) is -5.09. The third kappa shape index (κ3) is 3.51. The third-order valence-electron chi connectivity index (χ3n) is 4.43. The fourth-order valence-corrected chi connectivity index (χ4v) is 5.56. The van der Waals surface area contributed by atoms with Gasteiger partial charge in [-0.15, -0.1) is 0 Å². The molecular formula is C20H20N2O5S2. The predicted octanol–water partition coefficient (Wildman–Crippen LogP) is 2.80. The number of para-hydroxylation sites is 1. The van der Waals surface area contributed by atoms with Crippen LogP contribution in [0, 0.1) is 0 Å². The van der Waals surface area contributed by atoms with Gasteiger partial charge in [0.1, 0.15) is 0 Å². The molecule has 0 amide bonds. The summed E-state index contributed by atoms with van der Waals surface area (Å²) in [6.45, 7) is 9.13. The number of carbonyl (C=O) groups excluding carboxylic acids is 1. The number of sulfone groups is 1. The van der Waals surface area contributed by atoms with Crippen LogP contribution in [-0.4, -0.2) is 41.2 Å². The summed E-state index contributed by atoms with van der Waals surface area (Å²) >= 11 is 0. The lowest BCUT2D eigenvalue weighted by Crippen LogP contribution is -2.18. The fourth-order valence-electron chi connectivity index (χ4n) is 3.26.